The molecule has 1 heterocycles. The zero-order chi connectivity index (χ0) is 18.5. The Hall–Kier alpha value is -1.79. The van der Waals surface area contributed by atoms with Gasteiger partial charge in [0.25, 0.3) is 0 Å². The molecule has 1 aromatic carbocycles. The highest BCUT2D eigenvalue weighted by atomic mass is 35.5. The third-order valence-electron chi connectivity index (χ3n) is 5.54. The maximum Gasteiger partial charge on any atom is 0.242 e. The summed E-state index contributed by atoms with van der Waals surface area (Å²) in [6.45, 7) is 3.49. The second kappa shape index (κ2) is 8.73. The quantitative estimate of drug-likeness (QED) is 0.813. The number of nitrogens with one attached hydrogen (secondary N) is 1. The topological polar surface area (TPSA) is 78.7 Å². The SMILES string of the molecule is NC[C@H]1CCC[C@H]1C(=O)NCC(=O)N1CCN(c2ccc(Cl)cc2)CC1. The summed E-state index contributed by atoms with van der Waals surface area (Å²) in [4.78, 5) is 28.8. The molecule has 1 saturated heterocycles. The molecule has 0 radical (unpaired) electrons. The van der Waals surface area contributed by atoms with Gasteiger partial charge in [0.1, 0.15) is 0 Å². The Morgan fingerprint density at radius 1 is 1.12 bits per heavy atom. The molecule has 3 N–H and O–H groups in total. The van der Waals surface area contributed by atoms with Crippen LogP contribution >= 0.6 is 11.6 Å². The van der Waals surface area contributed by atoms with Gasteiger partial charge in [-0.25, -0.2) is 0 Å². The van der Waals surface area contributed by atoms with Crippen molar-refractivity contribution in [1.29, 1.82) is 0 Å². The van der Waals surface area contributed by atoms with Crippen LogP contribution in [0.4, 0.5) is 5.69 Å². The average molecular weight is 379 g/mol. The van der Waals surface area contributed by atoms with Gasteiger partial charge in [-0.05, 0) is 49.6 Å². The number of carbonyl (C=O) groups excluding carboxylic acids is 2. The van der Waals surface area contributed by atoms with Crippen LogP contribution in [0, 0.1) is 11.8 Å². The number of benzene rings is 1. The number of rotatable bonds is 5. The van der Waals surface area contributed by atoms with E-state index < -0.39 is 0 Å². The summed E-state index contributed by atoms with van der Waals surface area (Å²) in [5, 5.41) is 3.54. The van der Waals surface area contributed by atoms with Crippen LogP contribution in [0.5, 0.6) is 0 Å². The number of hydrogen-bond acceptors (Lipinski definition) is 4. The molecule has 0 unspecified atom stereocenters. The predicted molar refractivity (Wildman–Crippen MR) is 103 cm³/mol. The molecule has 1 saturated carbocycles. The molecule has 7 heteroatoms. The maximum absolute atomic E-state index is 12.4. The Kier molecular flexibility index (Phi) is 6.38. The molecular formula is C19H27ClN4O2. The molecule has 0 spiro atoms. The summed E-state index contributed by atoms with van der Waals surface area (Å²) < 4.78 is 0. The molecule has 26 heavy (non-hydrogen) atoms. The van der Waals surface area contributed by atoms with Gasteiger partial charge in [0.2, 0.25) is 11.8 Å². The van der Waals surface area contributed by atoms with Crippen molar-refractivity contribution in [2.24, 2.45) is 17.6 Å². The van der Waals surface area contributed by atoms with Gasteiger partial charge in [-0.2, -0.15) is 0 Å². The van der Waals surface area contributed by atoms with E-state index in [1.54, 1.807) is 0 Å². The fourth-order valence-corrected chi connectivity index (χ4v) is 4.06. The predicted octanol–water partition coefficient (Wildman–Crippen LogP) is 1.48. The van der Waals surface area contributed by atoms with Gasteiger partial charge in [0.15, 0.2) is 0 Å². The second-order valence-electron chi connectivity index (χ2n) is 7.10. The average Bonchev–Trinajstić information content (AvgIpc) is 3.15. The van der Waals surface area contributed by atoms with Crippen molar-refractivity contribution in [3.63, 3.8) is 0 Å². The normalized spacial score (nSPS) is 23.2. The highest BCUT2D eigenvalue weighted by Gasteiger charge is 2.32. The van der Waals surface area contributed by atoms with E-state index in [1.165, 1.54) is 0 Å². The molecule has 3 rings (SSSR count). The van der Waals surface area contributed by atoms with Crippen molar-refractivity contribution >= 4 is 29.1 Å². The third-order valence-corrected chi connectivity index (χ3v) is 5.79. The first-order valence-electron chi connectivity index (χ1n) is 9.34. The van der Waals surface area contributed by atoms with Crippen molar-refractivity contribution in [1.82, 2.24) is 10.2 Å². The summed E-state index contributed by atoms with van der Waals surface area (Å²) in [6.07, 6.45) is 2.93. The van der Waals surface area contributed by atoms with E-state index in [4.69, 9.17) is 17.3 Å². The zero-order valence-corrected chi connectivity index (χ0v) is 15.8. The molecule has 2 fully saturated rings. The molecule has 1 aliphatic carbocycles. The molecule has 142 valence electrons. The largest absolute Gasteiger partial charge is 0.368 e. The lowest BCUT2D eigenvalue weighted by Crippen LogP contribution is -2.51. The summed E-state index contributed by atoms with van der Waals surface area (Å²) in [7, 11) is 0. The minimum atomic E-state index is -0.0328. The van der Waals surface area contributed by atoms with Crippen LogP contribution in [0.3, 0.4) is 0 Å². The smallest absolute Gasteiger partial charge is 0.242 e. The number of nitrogens with two attached hydrogens (primary N) is 1. The minimum Gasteiger partial charge on any atom is -0.368 e. The van der Waals surface area contributed by atoms with Crippen LogP contribution in [0.1, 0.15) is 19.3 Å². The lowest BCUT2D eigenvalue weighted by atomic mass is 9.95. The van der Waals surface area contributed by atoms with Crippen molar-refractivity contribution in [3.05, 3.63) is 29.3 Å². The van der Waals surface area contributed by atoms with Crippen LogP contribution < -0.4 is 16.0 Å². The molecule has 2 atom stereocenters. The van der Waals surface area contributed by atoms with E-state index in [2.05, 4.69) is 10.2 Å². The zero-order valence-electron chi connectivity index (χ0n) is 15.0. The summed E-state index contributed by atoms with van der Waals surface area (Å²) in [6, 6.07) is 7.74. The number of piperazine rings is 1. The second-order valence-corrected chi connectivity index (χ2v) is 7.53. The van der Waals surface area contributed by atoms with Crippen molar-refractivity contribution in [2.75, 3.05) is 44.2 Å². The van der Waals surface area contributed by atoms with Gasteiger partial charge in [0.05, 0.1) is 6.54 Å². The fourth-order valence-electron chi connectivity index (χ4n) is 3.94. The van der Waals surface area contributed by atoms with Gasteiger partial charge in [0, 0.05) is 42.8 Å². The van der Waals surface area contributed by atoms with Crippen molar-refractivity contribution in [2.45, 2.75) is 19.3 Å². The Bertz CT molecular complexity index is 629. The molecule has 2 amide bonds. The standard InChI is InChI=1S/C19H27ClN4O2/c20-15-4-6-16(7-5-15)23-8-10-24(11-9-23)18(25)13-22-19(26)17-3-1-2-14(17)12-21/h4-7,14,17H,1-3,8-13,21H2,(H,22,26)/t14-,17-/m1/s1. The number of amides is 2. The third kappa shape index (κ3) is 4.48. The first-order valence-corrected chi connectivity index (χ1v) is 9.72. The Balaban J connectivity index is 1.43. The van der Waals surface area contributed by atoms with Gasteiger partial charge in [-0.15, -0.1) is 0 Å². The molecule has 1 aromatic rings. The summed E-state index contributed by atoms with van der Waals surface area (Å²) >= 11 is 5.93. The molecular weight excluding hydrogens is 352 g/mol. The van der Waals surface area contributed by atoms with E-state index in [1.807, 2.05) is 29.2 Å². The van der Waals surface area contributed by atoms with Crippen LogP contribution in [-0.4, -0.2) is 56.0 Å². The fraction of sp³-hybridized carbons (Fsp3) is 0.579. The number of halogens is 1. The Morgan fingerprint density at radius 3 is 2.46 bits per heavy atom. The van der Waals surface area contributed by atoms with Crippen molar-refractivity contribution in [3.8, 4) is 0 Å². The van der Waals surface area contributed by atoms with Crippen LogP contribution in [-0.2, 0) is 9.59 Å². The minimum absolute atomic E-state index is 0.0172. The first-order chi connectivity index (χ1) is 12.6. The van der Waals surface area contributed by atoms with E-state index in [0.29, 0.717) is 19.6 Å². The molecule has 0 aromatic heterocycles. The van der Waals surface area contributed by atoms with Crippen LogP contribution in [0.25, 0.3) is 0 Å². The number of nitrogens with zero attached hydrogens (tertiary/aromatic N) is 2. The lowest BCUT2D eigenvalue weighted by Gasteiger charge is -2.36. The van der Waals surface area contributed by atoms with Crippen LogP contribution in [0.2, 0.25) is 5.02 Å². The molecule has 0 bridgehead atoms. The van der Waals surface area contributed by atoms with E-state index >= 15 is 0 Å². The monoisotopic (exact) mass is 378 g/mol. The lowest BCUT2D eigenvalue weighted by molar-refractivity contribution is -0.134. The van der Waals surface area contributed by atoms with Gasteiger partial charge >= 0.3 is 0 Å². The van der Waals surface area contributed by atoms with Gasteiger partial charge < -0.3 is 20.9 Å². The van der Waals surface area contributed by atoms with E-state index in [9.17, 15) is 9.59 Å². The van der Waals surface area contributed by atoms with E-state index in [-0.39, 0.29) is 30.2 Å². The maximum atomic E-state index is 12.4. The Labute approximate surface area is 159 Å². The number of carbonyl (C=O) groups is 2. The number of hydrogen-bond donors (Lipinski definition) is 2. The van der Waals surface area contributed by atoms with E-state index in [0.717, 1.165) is 43.1 Å². The summed E-state index contributed by atoms with van der Waals surface area (Å²) in [5.74, 6) is 0.185. The van der Waals surface area contributed by atoms with Gasteiger partial charge in [-0.1, -0.05) is 18.0 Å². The highest BCUT2D eigenvalue weighted by Crippen LogP contribution is 2.30. The molecule has 1 aliphatic heterocycles. The summed E-state index contributed by atoms with van der Waals surface area (Å²) in [5.41, 5.74) is 6.85. The number of anilines is 1. The molecule has 2 aliphatic rings. The van der Waals surface area contributed by atoms with Gasteiger partial charge in [-0.3, -0.25) is 9.59 Å². The van der Waals surface area contributed by atoms with Crippen molar-refractivity contribution < 1.29 is 9.59 Å². The molecule has 6 nitrogen and oxygen atoms in total. The van der Waals surface area contributed by atoms with Crippen LogP contribution in [0.15, 0.2) is 24.3 Å². The Morgan fingerprint density at radius 2 is 1.81 bits per heavy atom. The highest BCUT2D eigenvalue weighted by molar-refractivity contribution is 6.30. The first kappa shape index (κ1) is 19.0.